The van der Waals surface area contributed by atoms with Crippen molar-refractivity contribution in [1.82, 2.24) is 29.1 Å². The molecular weight excluding hydrogens is 522 g/mol. The monoisotopic (exact) mass is 538 g/mol. The normalized spacial score (nSPS) is 12.5. The van der Waals surface area contributed by atoms with Gasteiger partial charge in [-0.15, -0.1) is 24.9 Å². The average molecular weight is 538 g/mol. The number of hydrogen-bond donors (Lipinski definition) is 0. The van der Waals surface area contributed by atoms with Crippen LogP contribution in [-0.2, 0) is 13.2 Å². The van der Waals surface area contributed by atoms with E-state index in [4.69, 9.17) is 0 Å². The van der Waals surface area contributed by atoms with Gasteiger partial charge in [-0.25, -0.2) is 19.5 Å². The van der Waals surface area contributed by atoms with Crippen LogP contribution in [0, 0.1) is 0 Å². The molecule has 0 radical (unpaired) electrons. The highest BCUT2D eigenvalue weighted by Gasteiger charge is 2.33. The van der Waals surface area contributed by atoms with Crippen molar-refractivity contribution in [1.29, 1.82) is 0 Å². The van der Waals surface area contributed by atoms with Gasteiger partial charge in [-0.3, -0.25) is 0 Å². The van der Waals surface area contributed by atoms with Crippen molar-refractivity contribution in [3.63, 3.8) is 0 Å². The predicted molar refractivity (Wildman–Crippen MR) is 124 cm³/mol. The van der Waals surface area contributed by atoms with E-state index in [2.05, 4.69) is 24.8 Å². The predicted octanol–water partition coefficient (Wildman–Crippen LogP) is 6.37. The maximum absolute atomic E-state index is 13.2. The third-order valence-corrected chi connectivity index (χ3v) is 6.27. The van der Waals surface area contributed by atoms with Gasteiger partial charge in [0.15, 0.2) is 5.65 Å². The summed E-state index contributed by atoms with van der Waals surface area (Å²) in [6, 6.07) is 6.22. The van der Waals surface area contributed by atoms with Crippen molar-refractivity contribution in [3.05, 3.63) is 54.6 Å². The van der Waals surface area contributed by atoms with Gasteiger partial charge in [0, 0.05) is 25.0 Å². The summed E-state index contributed by atoms with van der Waals surface area (Å²) in [6.45, 7) is 1.93. The third kappa shape index (κ3) is 4.80. The molecule has 0 N–H and O–H groups in total. The Bertz CT molecular complexity index is 1610. The maximum atomic E-state index is 13.2. The molecule has 5 rings (SSSR count). The van der Waals surface area contributed by atoms with E-state index in [1.165, 1.54) is 46.7 Å². The highest BCUT2D eigenvalue weighted by Crippen LogP contribution is 2.37. The van der Waals surface area contributed by atoms with Crippen LogP contribution < -0.4 is 4.74 Å². The molecule has 0 aliphatic rings. The Labute approximate surface area is 209 Å². The van der Waals surface area contributed by atoms with Crippen LogP contribution in [0.3, 0.4) is 0 Å². The molecule has 0 fully saturated rings. The van der Waals surface area contributed by atoms with Gasteiger partial charge in [-0.2, -0.15) is 18.3 Å². The van der Waals surface area contributed by atoms with Crippen LogP contribution >= 0.6 is 11.8 Å². The van der Waals surface area contributed by atoms with Crippen LogP contribution in [0.2, 0.25) is 0 Å². The Kier molecular flexibility index (Phi) is 6.01. The van der Waals surface area contributed by atoms with E-state index in [1.807, 2.05) is 6.92 Å². The number of hydrogen-bond acceptors (Lipinski definition) is 6. The molecule has 0 amide bonds. The van der Waals surface area contributed by atoms with E-state index in [1.54, 1.807) is 17.8 Å². The van der Waals surface area contributed by atoms with Gasteiger partial charge in [0.25, 0.3) is 0 Å². The van der Waals surface area contributed by atoms with Crippen molar-refractivity contribution >= 4 is 28.4 Å². The minimum Gasteiger partial charge on any atom is -0.406 e. The van der Waals surface area contributed by atoms with Gasteiger partial charge in [0.1, 0.15) is 22.3 Å². The maximum Gasteiger partial charge on any atom is 0.573 e. The Morgan fingerprint density at radius 1 is 0.973 bits per heavy atom. The molecule has 0 saturated heterocycles. The van der Waals surface area contributed by atoms with Gasteiger partial charge < -0.3 is 9.30 Å². The number of fused-ring (bicyclic) bond motifs is 2. The average Bonchev–Trinajstić information content (AvgIpc) is 3.34. The van der Waals surface area contributed by atoms with Crippen molar-refractivity contribution < 1.29 is 31.1 Å². The quantitative estimate of drug-likeness (QED) is 0.191. The number of thioether (sulfide) groups is 1. The molecule has 0 aliphatic heterocycles. The fraction of sp³-hybridized carbons (Fsp3) is 0.217. The van der Waals surface area contributed by atoms with Crippen molar-refractivity contribution in [3.8, 4) is 28.3 Å². The SMILES string of the molecule is CCSc1nn2cc(-c3ccc(OC(F)(F)F)cc3)cnc2c1-c1nc2cc(C(F)(F)F)ncc2n1C. The number of halogens is 6. The van der Waals surface area contributed by atoms with E-state index < -0.39 is 18.2 Å². The lowest BCUT2D eigenvalue weighted by Crippen LogP contribution is -2.16. The molecule has 4 heterocycles. The van der Waals surface area contributed by atoms with Crippen molar-refractivity contribution in [2.24, 2.45) is 7.05 Å². The number of alkyl halides is 6. The minimum absolute atomic E-state index is 0.129. The molecule has 192 valence electrons. The highest BCUT2D eigenvalue weighted by molar-refractivity contribution is 7.99. The summed E-state index contributed by atoms with van der Waals surface area (Å²) < 4.78 is 83.9. The first-order chi connectivity index (χ1) is 17.4. The van der Waals surface area contributed by atoms with Crippen LogP contribution in [0.1, 0.15) is 12.6 Å². The molecule has 0 aliphatic carbocycles. The third-order valence-electron chi connectivity index (χ3n) is 5.42. The lowest BCUT2D eigenvalue weighted by molar-refractivity contribution is -0.274. The Hall–Kier alpha value is -3.81. The summed E-state index contributed by atoms with van der Waals surface area (Å²) >= 11 is 1.41. The lowest BCUT2D eigenvalue weighted by Gasteiger charge is -2.09. The molecule has 0 spiro atoms. The smallest absolute Gasteiger partial charge is 0.406 e. The van der Waals surface area contributed by atoms with Crippen LogP contribution in [0.5, 0.6) is 5.75 Å². The minimum atomic E-state index is -4.79. The van der Waals surface area contributed by atoms with Crippen LogP contribution in [0.15, 0.2) is 53.9 Å². The molecule has 7 nitrogen and oxygen atoms in total. The van der Waals surface area contributed by atoms with Gasteiger partial charge in [0.2, 0.25) is 0 Å². The van der Waals surface area contributed by atoms with E-state index in [9.17, 15) is 26.3 Å². The standard InChI is InChI=1S/C23H16F6N6OS/c1-3-37-21-18(20-32-15-8-17(22(24,25)26)30-10-16(15)34(20)2)19-31-9-13(11-35(19)33-21)12-4-6-14(7-5-12)36-23(27,28)29/h4-11H,3H2,1-2H3. The molecule has 0 bridgehead atoms. The number of aryl methyl sites for hydroxylation is 1. The summed E-state index contributed by atoms with van der Waals surface area (Å²) in [4.78, 5) is 12.5. The lowest BCUT2D eigenvalue weighted by atomic mass is 10.1. The first-order valence-electron chi connectivity index (χ1n) is 10.7. The number of aromatic nitrogens is 6. The molecular formula is C23H16F6N6OS. The summed E-state index contributed by atoms with van der Waals surface area (Å²) in [5.74, 6) is 0.683. The zero-order valence-electron chi connectivity index (χ0n) is 19.1. The molecule has 14 heteroatoms. The Balaban J connectivity index is 1.59. The fourth-order valence-corrected chi connectivity index (χ4v) is 4.56. The topological polar surface area (TPSA) is 70.1 Å². The number of rotatable bonds is 5. The number of nitrogens with zero attached hydrogens (tertiary/aromatic N) is 6. The molecule has 0 saturated carbocycles. The van der Waals surface area contributed by atoms with Crippen molar-refractivity contribution in [2.45, 2.75) is 24.5 Å². The first-order valence-corrected chi connectivity index (χ1v) is 11.7. The van der Waals surface area contributed by atoms with Crippen LogP contribution in [-0.4, -0.2) is 41.2 Å². The Morgan fingerprint density at radius 2 is 1.70 bits per heavy atom. The number of ether oxygens (including phenoxy) is 1. The fourth-order valence-electron chi connectivity index (χ4n) is 3.81. The van der Waals surface area contributed by atoms with E-state index >= 15 is 0 Å². The first kappa shape index (κ1) is 24.9. The van der Waals surface area contributed by atoms with Gasteiger partial charge in [0.05, 0.1) is 22.8 Å². The van der Waals surface area contributed by atoms with Crippen molar-refractivity contribution in [2.75, 3.05) is 5.75 Å². The molecule has 5 aromatic rings. The molecule has 37 heavy (non-hydrogen) atoms. The number of pyridine rings is 1. The second-order valence-corrected chi connectivity index (χ2v) is 9.10. The molecule has 4 aromatic heterocycles. The highest BCUT2D eigenvalue weighted by atomic mass is 32.2. The second kappa shape index (κ2) is 8.94. The zero-order valence-corrected chi connectivity index (χ0v) is 19.9. The van der Waals surface area contributed by atoms with Crippen LogP contribution in [0.4, 0.5) is 26.3 Å². The number of benzene rings is 1. The molecule has 1 aromatic carbocycles. The Morgan fingerprint density at radius 3 is 2.35 bits per heavy atom. The number of imidazole rings is 1. The second-order valence-electron chi connectivity index (χ2n) is 7.85. The van der Waals surface area contributed by atoms with E-state index in [0.717, 1.165) is 12.3 Å². The largest absolute Gasteiger partial charge is 0.573 e. The molecule has 0 atom stereocenters. The molecule has 0 unspecified atom stereocenters. The zero-order chi connectivity index (χ0) is 26.5. The summed E-state index contributed by atoms with van der Waals surface area (Å²) in [5, 5.41) is 5.17. The van der Waals surface area contributed by atoms with Gasteiger partial charge >= 0.3 is 12.5 Å². The van der Waals surface area contributed by atoms with E-state index in [0.29, 0.717) is 44.5 Å². The summed E-state index contributed by atoms with van der Waals surface area (Å²) in [5.41, 5.74) is 1.62. The summed E-state index contributed by atoms with van der Waals surface area (Å²) in [7, 11) is 1.67. The summed E-state index contributed by atoms with van der Waals surface area (Å²) in [6.07, 6.45) is -5.07. The van der Waals surface area contributed by atoms with Gasteiger partial charge in [-0.05, 0) is 29.5 Å². The van der Waals surface area contributed by atoms with E-state index in [-0.39, 0.29) is 11.3 Å². The van der Waals surface area contributed by atoms with Gasteiger partial charge in [-0.1, -0.05) is 19.1 Å². The van der Waals surface area contributed by atoms with Crippen LogP contribution in [0.25, 0.3) is 39.2 Å².